The lowest BCUT2D eigenvalue weighted by Gasteiger charge is -2.29. The van der Waals surface area contributed by atoms with E-state index in [1.807, 2.05) is 0 Å². The summed E-state index contributed by atoms with van der Waals surface area (Å²) in [5, 5.41) is 4.86. The van der Waals surface area contributed by atoms with Crippen molar-refractivity contribution < 1.29 is 0 Å². The number of hydrogen-bond donors (Lipinski definition) is 0. The zero-order valence-electron chi connectivity index (χ0n) is 15.9. The number of para-hydroxylation sites is 2. The molecule has 0 fully saturated rings. The van der Waals surface area contributed by atoms with Crippen molar-refractivity contribution in [3.05, 3.63) is 75.2 Å². The minimum Gasteiger partial charge on any atom is -0.661 e. The Labute approximate surface area is 146 Å². The molecule has 2 rings (SSSR count). The monoisotopic (exact) mass is 319 g/mol. The lowest BCUT2D eigenvalue weighted by atomic mass is 10.1. The van der Waals surface area contributed by atoms with Gasteiger partial charge in [-0.1, -0.05) is 54.4 Å². The Hall–Kier alpha value is -2.35. The Morgan fingerprint density at radius 1 is 0.750 bits per heavy atom. The Kier molecular flexibility index (Phi) is 5.61. The highest BCUT2D eigenvalue weighted by molar-refractivity contribution is 6.01. The summed E-state index contributed by atoms with van der Waals surface area (Å²) in [5.41, 5.74) is 10.1. The lowest BCUT2D eigenvalue weighted by Crippen LogP contribution is -1.97. The second kappa shape index (κ2) is 7.48. The van der Waals surface area contributed by atoms with E-state index in [1.165, 1.54) is 22.3 Å². The van der Waals surface area contributed by atoms with Gasteiger partial charge in [0.05, 0.1) is 5.69 Å². The maximum absolute atomic E-state index is 4.86. The molecule has 126 valence electrons. The normalized spacial score (nSPS) is 12.9. The van der Waals surface area contributed by atoms with E-state index in [2.05, 4.69) is 84.9 Å². The van der Waals surface area contributed by atoms with Gasteiger partial charge in [-0.15, -0.1) is 5.69 Å². The molecule has 2 aromatic rings. The van der Waals surface area contributed by atoms with Gasteiger partial charge in [0.1, 0.15) is 0 Å². The first-order valence-electron chi connectivity index (χ1n) is 8.38. The average molecular weight is 319 g/mol. The molecule has 2 aromatic carbocycles. The largest absolute Gasteiger partial charge is 0.661 e. The zero-order valence-corrected chi connectivity index (χ0v) is 15.9. The van der Waals surface area contributed by atoms with Gasteiger partial charge < -0.3 is 5.32 Å². The van der Waals surface area contributed by atoms with Crippen molar-refractivity contribution in [1.82, 2.24) is 0 Å². The summed E-state index contributed by atoms with van der Waals surface area (Å²) in [6.45, 7) is 14.6. The van der Waals surface area contributed by atoms with E-state index in [4.69, 9.17) is 10.3 Å². The zero-order chi connectivity index (χ0) is 17.9. The van der Waals surface area contributed by atoms with E-state index >= 15 is 0 Å². The predicted molar refractivity (Wildman–Crippen MR) is 106 cm³/mol. The number of nitrogens with zero attached hydrogens (tertiary/aromatic N) is 2. The minimum atomic E-state index is 1.01. The Bertz CT molecular complexity index is 770. The number of hydrogen-bond acceptors (Lipinski definition) is 1. The van der Waals surface area contributed by atoms with Crippen molar-refractivity contribution in [3.8, 4) is 0 Å². The summed E-state index contributed by atoms with van der Waals surface area (Å²) >= 11 is 0. The molecule has 0 aliphatic heterocycles. The molecule has 0 aliphatic carbocycles. The molecule has 24 heavy (non-hydrogen) atoms. The summed E-state index contributed by atoms with van der Waals surface area (Å²) in [6.07, 6.45) is 0. The average Bonchev–Trinajstić information content (AvgIpc) is 2.53. The second-order valence-electron chi connectivity index (χ2n) is 6.50. The number of rotatable bonds is 4. The molecule has 0 amide bonds. The molecular formula is C22H27N2-. The number of allylic oxidation sites excluding steroid dienone is 2. The van der Waals surface area contributed by atoms with Gasteiger partial charge in [0.25, 0.3) is 0 Å². The molecule has 2 nitrogen and oxygen atoms in total. The van der Waals surface area contributed by atoms with Crippen LogP contribution in [-0.4, -0.2) is 5.71 Å². The maximum Gasteiger partial charge on any atom is 0.0691 e. The summed E-state index contributed by atoms with van der Waals surface area (Å²) in [6, 6.07) is 12.6. The van der Waals surface area contributed by atoms with Crippen molar-refractivity contribution in [2.75, 3.05) is 0 Å². The number of benzene rings is 2. The van der Waals surface area contributed by atoms with E-state index in [0.29, 0.717) is 0 Å². The van der Waals surface area contributed by atoms with Gasteiger partial charge in [-0.25, -0.2) is 0 Å². The quantitative estimate of drug-likeness (QED) is 0.542. The van der Waals surface area contributed by atoms with E-state index in [1.54, 1.807) is 0 Å². The van der Waals surface area contributed by atoms with E-state index in [-0.39, 0.29) is 0 Å². The second-order valence-corrected chi connectivity index (χ2v) is 6.50. The molecule has 0 heterocycles. The summed E-state index contributed by atoms with van der Waals surface area (Å²) in [4.78, 5) is 4.86. The summed E-state index contributed by atoms with van der Waals surface area (Å²) < 4.78 is 0. The van der Waals surface area contributed by atoms with Crippen molar-refractivity contribution in [2.45, 2.75) is 48.5 Å². The smallest absolute Gasteiger partial charge is 0.0691 e. The van der Waals surface area contributed by atoms with Gasteiger partial charge in [0.15, 0.2) is 0 Å². The van der Waals surface area contributed by atoms with E-state index in [0.717, 1.165) is 28.4 Å². The molecule has 0 unspecified atom stereocenters. The lowest BCUT2D eigenvalue weighted by molar-refractivity contribution is 1.29. The molecule has 0 saturated heterocycles. The maximum atomic E-state index is 4.86. The van der Waals surface area contributed by atoms with E-state index < -0.39 is 0 Å². The van der Waals surface area contributed by atoms with Crippen LogP contribution in [0.15, 0.2) is 52.7 Å². The van der Waals surface area contributed by atoms with Crippen molar-refractivity contribution in [2.24, 2.45) is 4.99 Å². The van der Waals surface area contributed by atoms with Gasteiger partial charge in [-0.3, -0.25) is 4.99 Å². The van der Waals surface area contributed by atoms with Crippen LogP contribution < -0.4 is 0 Å². The molecule has 0 bridgehead atoms. The van der Waals surface area contributed by atoms with Crippen LogP contribution in [0.1, 0.15) is 43.0 Å². The van der Waals surface area contributed by atoms with Crippen LogP contribution in [-0.2, 0) is 0 Å². The third-order valence-electron chi connectivity index (χ3n) is 4.52. The number of aryl methyl sites for hydroxylation is 4. The standard InChI is InChI=1S/C22H27N2/c1-14-10-8-11-15(2)21(14)23-19(6)18(5)20(7)24-22-16(3)12-9-13-17(22)4/h8-13H,1-7H3/q-1/b19-18-,24-20?. The Balaban J connectivity index is 2.36. The Morgan fingerprint density at radius 3 is 1.71 bits per heavy atom. The van der Waals surface area contributed by atoms with Crippen molar-refractivity contribution >= 4 is 17.1 Å². The van der Waals surface area contributed by atoms with Crippen LogP contribution in [0, 0.1) is 27.7 Å². The van der Waals surface area contributed by atoms with Gasteiger partial charge >= 0.3 is 0 Å². The third kappa shape index (κ3) is 3.94. The van der Waals surface area contributed by atoms with Crippen LogP contribution in [0.3, 0.4) is 0 Å². The topological polar surface area (TPSA) is 26.5 Å². The fourth-order valence-electron chi connectivity index (χ4n) is 2.73. The SMILES string of the molecule is CC(=Nc1c(C)cccc1C)/C(C)=C(/C)[N-]c1c(C)cccc1C. The van der Waals surface area contributed by atoms with Crippen LogP contribution in [0.4, 0.5) is 11.4 Å². The molecule has 0 radical (unpaired) electrons. The van der Waals surface area contributed by atoms with Crippen molar-refractivity contribution in [1.29, 1.82) is 0 Å². The first kappa shape index (κ1) is 18.0. The van der Waals surface area contributed by atoms with Gasteiger partial charge in [0, 0.05) is 5.71 Å². The first-order valence-corrected chi connectivity index (χ1v) is 8.38. The molecule has 0 aliphatic rings. The summed E-state index contributed by atoms with van der Waals surface area (Å²) in [7, 11) is 0. The molecule has 2 heteroatoms. The Morgan fingerprint density at radius 2 is 1.21 bits per heavy atom. The van der Waals surface area contributed by atoms with E-state index in [9.17, 15) is 0 Å². The van der Waals surface area contributed by atoms with Crippen LogP contribution in [0.2, 0.25) is 0 Å². The van der Waals surface area contributed by atoms with Gasteiger partial charge in [-0.05, 0) is 58.2 Å². The molecule has 0 spiro atoms. The first-order chi connectivity index (χ1) is 11.3. The van der Waals surface area contributed by atoms with Crippen LogP contribution in [0.5, 0.6) is 0 Å². The predicted octanol–water partition coefficient (Wildman–Crippen LogP) is 7.01. The van der Waals surface area contributed by atoms with Crippen LogP contribution in [0.25, 0.3) is 5.32 Å². The fraction of sp³-hybridized carbons (Fsp3) is 0.318. The number of aliphatic imine (C=N–C) groups is 1. The van der Waals surface area contributed by atoms with Gasteiger partial charge in [-0.2, -0.15) is 5.70 Å². The highest BCUT2D eigenvalue weighted by atomic mass is 14.9. The molecule has 0 aromatic heterocycles. The summed E-state index contributed by atoms with van der Waals surface area (Å²) in [5.74, 6) is 0. The minimum absolute atomic E-state index is 1.01. The molecule has 0 atom stereocenters. The van der Waals surface area contributed by atoms with Gasteiger partial charge in [0.2, 0.25) is 0 Å². The highest BCUT2D eigenvalue weighted by Gasteiger charge is 2.03. The highest BCUT2D eigenvalue weighted by Crippen LogP contribution is 2.33. The fourth-order valence-corrected chi connectivity index (χ4v) is 2.73. The van der Waals surface area contributed by atoms with Crippen molar-refractivity contribution in [3.63, 3.8) is 0 Å². The molecular weight excluding hydrogens is 292 g/mol. The third-order valence-corrected chi connectivity index (χ3v) is 4.52. The molecule has 0 N–H and O–H groups in total. The van der Waals surface area contributed by atoms with Crippen LogP contribution >= 0.6 is 0 Å². The molecule has 0 saturated carbocycles.